The Morgan fingerprint density at radius 3 is 3.00 bits per heavy atom. The maximum atomic E-state index is 12.9. The third kappa shape index (κ3) is 1.97. The quantitative estimate of drug-likeness (QED) is 0.694. The average molecular weight is 313 g/mol. The third-order valence-corrected chi connectivity index (χ3v) is 4.26. The molecule has 0 N–H and O–H groups in total. The monoisotopic (exact) mass is 312 g/mol. The lowest BCUT2D eigenvalue weighted by molar-refractivity contribution is 0.0750. The van der Waals surface area contributed by atoms with E-state index < -0.39 is 0 Å². The fourth-order valence-electron chi connectivity index (χ4n) is 2.92. The van der Waals surface area contributed by atoms with E-state index in [2.05, 4.69) is 10.1 Å². The van der Waals surface area contributed by atoms with Gasteiger partial charge in [0.15, 0.2) is 0 Å². The number of fused-ring (bicyclic) bond motifs is 2. The molecule has 0 spiro atoms. The molecule has 5 nitrogen and oxygen atoms in total. The maximum absolute atomic E-state index is 12.9. The van der Waals surface area contributed by atoms with Crippen LogP contribution < -0.4 is 0 Å². The van der Waals surface area contributed by atoms with Gasteiger partial charge in [0.1, 0.15) is 0 Å². The summed E-state index contributed by atoms with van der Waals surface area (Å²) in [4.78, 5) is 19.0. The van der Waals surface area contributed by atoms with Crippen molar-refractivity contribution in [2.75, 3.05) is 0 Å². The topological polar surface area (TPSA) is 51.0 Å². The largest absolute Gasteiger partial charge is 0.328 e. The van der Waals surface area contributed by atoms with Gasteiger partial charge in [-0.1, -0.05) is 17.7 Å². The lowest BCUT2D eigenvalue weighted by Crippen LogP contribution is -2.26. The second-order valence-electron chi connectivity index (χ2n) is 5.43. The molecule has 1 amide bonds. The predicted octanol–water partition coefficient (Wildman–Crippen LogP) is 2.78. The fraction of sp³-hybridized carbons (Fsp3) is 0.188. The Bertz CT molecular complexity index is 902. The number of carbonyl (C=O) groups is 1. The molecule has 3 heterocycles. The van der Waals surface area contributed by atoms with Crippen LogP contribution in [0.4, 0.5) is 0 Å². The van der Waals surface area contributed by atoms with Crippen molar-refractivity contribution in [2.45, 2.75) is 13.1 Å². The smallest absolute Gasteiger partial charge is 0.256 e. The van der Waals surface area contributed by atoms with Crippen molar-refractivity contribution < 1.29 is 4.79 Å². The van der Waals surface area contributed by atoms with E-state index in [1.54, 1.807) is 17.2 Å². The molecule has 0 unspecified atom stereocenters. The molecule has 110 valence electrons. The molecule has 0 fully saturated rings. The zero-order valence-corrected chi connectivity index (χ0v) is 12.7. The standard InChI is InChI=1S/C16H13ClN4O/c1-20-14-9-21(8-11(14)7-19-20)16(22)13-6-12(17)5-10-3-2-4-18-15(10)13/h2-7H,8-9H2,1H3. The van der Waals surface area contributed by atoms with E-state index in [0.717, 1.165) is 16.6 Å². The molecule has 0 saturated carbocycles. The van der Waals surface area contributed by atoms with Gasteiger partial charge in [0.25, 0.3) is 5.91 Å². The van der Waals surface area contributed by atoms with E-state index in [1.807, 2.05) is 36.1 Å². The molecule has 4 rings (SSSR count). The van der Waals surface area contributed by atoms with Gasteiger partial charge in [0, 0.05) is 35.8 Å². The second-order valence-corrected chi connectivity index (χ2v) is 5.87. The molecule has 3 aromatic rings. The summed E-state index contributed by atoms with van der Waals surface area (Å²) >= 11 is 6.16. The number of aryl methyl sites for hydroxylation is 1. The molecule has 0 bridgehead atoms. The molecule has 1 aromatic carbocycles. The van der Waals surface area contributed by atoms with Gasteiger partial charge >= 0.3 is 0 Å². The highest BCUT2D eigenvalue weighted by atomic mass is 35.5. The lowest BCUT2D eigenvalue weighted by Gasteiger charge is -2.17. The number of benzene rings is 1. The number of rotatable bonds is 1. The highest BCUT2D eigenvalue weighted by Crippen LogP contribution is 2.27. The molecule has 22 heavy (non-hydrogen) atoms. The minimum Gasteiger partial charge on any atom is -0.328 e. The van der Waals surface area contributed by atoms with E-state index in [9.17, 15) is 4.79 Å². The Morgan fingerprint density at radius 2 is 2.18 bits per heavy atom. The third-order valence-electron chi connectivity index (χ3n) is 4.04. The summed E-state index contributed by atoms with van der Waals surface area (Å²) in [5.74, 6) is -0.0533. The van der Waals surface area contributed by atoms with Gasteiger partial charge in [-0.2, -0.15) is 5.10 Å². The van der Waals surface area contributed by atoms with E-state index in [-0.39, 0.29) is 5.91 Å². The van der Waals surface area contributed by atoms with E-state index >= 15 is 0 Å². The minimum absolute atomic E-state index is 0.0533. The first-order valence-electron chi connectivity index (χ1n) is 6.97. The maximum Gasteiger partial charge on any atom is 0.256 e. The van der Waals surface area contributed by atoms with Crippen LogP contribution in [0.25, 0.3) is 10.9 Å². The number of hydrogen-bond donors (Lipinski definition) is 0. The minimum atomic E-state index is -0.0533. The Labute approximate surface area is 132 Å². The van der Waals surface area contributed by atoms with Crippen LogP contribution in [0.2, 0.25) is 5.02 Å². The highest BCUT2D eigenvalue weighted by molar-refractivity contribution is 6.32. The number of hydrogen-bond acceptors (Lipinski definition) is 3. The van der Waals surface area contributed by atoms with Crippen LogP contribution in [0.5, 0.6) is 0 Å². The number of amides is 1. The first-order valence-corrected chi connectivity index (χ1v) is 7.34. The van der Waals surface area contributed by atoms with Gasteiger partial charge in [0.05, 0.1) is 29.5 Å². The van der Waals surface area contributed by atoms with Gasteiger partial charge in [-0.15, -0.1) is 0 Å². The van der Waals surface area contributed by atoms with Gasteiger partial charge in [-0.05, 0) is 18.2 Å². The van der Waals surface area contributed by atoms with Gasteiger partial charge in [-0.25, -0.2) is 0 Å². The van der Waals surface area contributed by atoms with Crippen LogP contribution in [-0.2, 0) is 20.1 Å². The number of halogens is 1. The second kappa shape index (κ2) is 4.81. The SMILES string of the molecule is Cn1ncc2c1CN(C(=O)c1cc(Cl)cc3cccnc13)C2. The van der Waals surface area contributed by atoms with Crippen LogP contribution in [0.1, 0.15) is 21.6 Å². The molecule has 0 aliphatic carbocycles. The van der Waals surface area contributed by atoms with Crippen LogP contribution in [0.3, 0.4) is 0 Å². The fourth-order valence-corrected chi connectivity index (χ4v) is 3.15. The molecule has 0 atom stereocenters. The normalized spacial score (nSPS) is 13.6. The number of nitrogens with zero attached hydrogens (tertiary/aromatic N) is 4. The van der Waals surface area contributed by atoms with Crippen molar-refractivity contribution in [1.82, 2.24) is 19.7 Å². The van der Waals surface area contributed by atoms with Crippen LogP contribution >= 0.6 is 11.6 Å². The Kier molecular flexibility index (Phi) is 2.90. The lowest BCUT2D eigenvalue weighted by atomic mass is 10.1. The predicted molar refractivity (Wildman–Crippen MR) is 83.5 cm³/mol. The molecule has 0 saturated heterocycles. The Balaban J connectivity index is 1.75. The van der Waals surface area contributed by atoms with Crippen LogP contribution in [0.15, 0.2) is 36.7 Å². The highest BCUT2D eigenvalue weighted by Gasteiger charge is 2.28. The van der Waals surface area contributed by atoms with Gasteiger partial charge in [0.2, 0.25) is 0 Å². The molecule has 1 aliphatic rings. The number of pyridine rings is 1. The summed E-state index contributed by atoms with van der Waals surface area (Å²) in [6.07, 6.45) is 3.51. The summed E-state index contributed by atoms with van der Waals surface area (Å²) in [5.41, 5.74) is 3.40. The van der Waals surface area contributed by atoms with Crippen LogP contribution in [0, 0.1) is 0 Å². The molecular formula is C16H13ClN4O. The van der Waals surface area contributed by atoms with E-state index in [0.29, 0.717) is 29.2 Å². The molecule has 6 heteroatoms. The molecule has 0 radical (unpaired) electrons. The first-order chi connectivity index (χ1) is 10.6. The van der Waals surface area contributed by atoms with Gasteiger partial charge in [-0.3, -0.25) is 14.5 Å². The zero-order valence-electron chi connectivity index (χ0n) is 12.0. The van der Waals surface area contributed by atoms with E-state index in [1.165, 1.54) is 0 Å². The van der Waals surface area contributed by atoms with Gasteiger partial charge < -0.3 is 4.90 Å². The van der Waals surface area contributed by atoms with Crippen molar-refractivity contribution in [3.8, 4) is 0 Å². The van der Waals surface area contributed by atoms with Crippen molar-refractivity contribution in [3.05, 3.63) is 58.5 Å². The Morgan fingerprint density at radius 1 is 1.32 bits per heavy atom. The number of aromatic nitrogens is 3. The first kappa shape index (κ1) is 13.3. The molecular weight excluding hydrogens is 300 g/mol. The number of carbonyl (C=O) groups excluding carboxylic acids is 1. The summed E-state index contributed by atoms with van der Waals surface area (Å²) in [6, 6.07) is 7.27. The van der Waals surface area contributed by atoms with Crippen molar-refractivity contribution in [2.24, 2.45) is 7.05 Å². The van der Waals surface area contributed by atoms with Crippen molar-refractivity contribution in [1.29, 1.82) is 0 Å². The summed E-state index contributed by atoms with van der Waals surface area (Å²) in [5, 5.41) is 5.63. The molecule has 1 aliphatic heterocycles. The summed E-state index contributed by atoms with van der Waals surface area (Å²) in [6.45, 7) is 1.13. The zero-order chi connectivity index (χ0) is 15.3. The van der Waals surface area contributed by atoms with Crippen LogP contribution in [-0.4, -0.2) is 25.6 Å². The van der Waals surface area contributed by atoms with Crippen molar-refractivity contribution >= 4 is 28.4 Å². The summed E-state index contributed by atoms with van der Waals surface area (Å²) in [7, 11) is 1.89. The van der Waals surface area contributed by atoms with Crippen molar-refractivity contribution in [3.63, 3.8) is 0 Å². The Hall–Kier alpha value is -2.40. The molecule has 2 aromatic heterocycles. The van der Waals surface area contributed by atoms with E-state index in [4.69, 9.17) is 11.6 Å². The summed E-state index contributed by atoms with van der Waals surface area (Å²) < 4.78 is 1.82. The average Bonchev–Trinajstić information content (AvgIpc) is 3.08.